The predicted octanol–water partition coefficient (Wildman–Crippen LogP) is 5.04. The Morgan fingerprint density at radius 2 is 1.94 bits per heavy atom. The second kappa shape index (κ2) is 5.59. The molecule has 1 aliphatic rings. The van der Waals surface area contributed by atoms with Gasteiger partial charge in [0.1, 0.15) is 0 Å². The number of halogens is 1. The van der Waals surface area contributed by atoms with Crippen LogP contribution in [0.4, 0.5) is 0 Å². The van der Waals surface area contributed by atoms with Gasteiger partial charge in [0.2, 0.25) is 0 Å². The molecule has 0 unspecified atom stereocenters. The number of benzene rings is 1. The Morgan fingerprint density at radius 3 is 2.56 bits per heavy atom. The van der Waals surface area contributed by atoms with Crippen LogP contribution in [0.5, 0.6) is 0 Å². The quantitative estimate of drug-likeness (QED) is 0.554. The van der Waals surface area contributed by atoms with Crippen LogP contribution in [-0.2, 0) is 0 Å². The lowest BCUT2D eigenvalue weighted by atomic mass is 9.92. The summed E-state index contributed by atoms with van der Waals surface area (Å²) in [5.41, 5.74) is 1.97. The third kappa shape index (κ3) is 2.84. The number of rotatable bonds is 4. The summed E-state index contributed by atoms with van der Waals surface area (Å²) in [4.78, 5) is 1.45. The summed E-state index contributed by atoms with van der Waals surface area (Å²) in [6.07, 6.45) is 5.63. The van der Waals surface area contributed by atoms with Gasteiger partial charge in [0.25, 0.3) is 0 Å². The highest BCUT2D eigenvalue weighted by Crippen LogP contribution is 2.43. The maximum atomic E-state index is 3.71. The molecule has 1 aromatic carbocycles. The lowest BCUT2D eigenvalue weighted by molar-refractivity contribution is 0.405. The molecular formula is C14H19BrS. The van der Waals surface area contributed by atoms with Crippen molar-refractivity contribution < 1.29 is 0 Å². The van der Waals surface area contributed by atoms with Gasteiger partial charge in [-0.25, -0.2) is 0 Å². The largest absolute Gasteiger partial charge is 0.125 e. The van der Waals surface area contributed by atoms with Gasteiger partial charge in [0.05, 0.1) is 0 Å². The van der Waals surface area contributed by atoms with Crippen molar-refractivity contribution in [2.75, 3.05) is 11.1 Å². The van der Waals surface area contributed by atoms with Crippen molar-refractivity contribution >= 4 is 27.7 Å². The normalized spacial score (nSPS) is 18.9. The summed E-state index contributed by atoms with van der Waals surface area (Å²) in [6.45, 7) is 2.21. The van der Waals surface area contributed by atoms with Crippen LogP contribution in [0.1, 0.15) is 31.2 Å². The molecule has 0 aromatic heterocycles. The molecule has 1 fully saturated rings. The first-order chi connectivity index (χ1) is 7.76. The van der Waals surface area contributed by atoms with Crippen LogP contribution in [0.3, 0.4) is 0 Å². The van der Waals surface area contributed by atoms with Gasteiger partial charge < -0.3 is 0 Å². The maximum Gasteiger partial charge on any atom is 0.0101 e. The number of hydrogen-bond acceptors (Lipinski definition) is 1. The van der Waals surface area contributed by atoms with Crippen molar-refractivity contribution in [3.63, 3.8) is 0 Å². The molecule has 1 aliphatic carbocycles. The van der Waals surface area contributed by atoms with Crippen LogP contribution in [-0.4, -0.2) is 11.1 Å². The monoisotopic (exact) mass is 298 g/mol. The van der Waals surface area contributed by atoms with E-state index in [0.717, 1.165) is 0 Å². The SMILES string of the molecule is Cc1ccccc1SCC1(CBr)CCCC1. The minimum atomic E-state index is 0.562. The fraction of sp³-hybridized carbons (Fsp3) is 0.571. The zero-order chi connectivity index (χ0) is 11.4. The second-order valence-corrected chi connectivity index (χ2v) is 6.47. The van der Waals surface area contributed by atoms with Gasteiger partial charge in [0, 0.05) is 16.0 Å². The standard InChI is InChI=1S/C14H19BrS/c1-12-6-2-3-7-13(12)16-11-14(10-15)8-4-5-9-14/h2-3,6-7H,4-5,8-11H2,1H3. The van der Waals surface area contributed by atoms with Crippen molar-refractivity contribution in [3.8, 4) is 0 Å². The molecule has 1 aromatic rings. The molecule has 0 aliphatic heterocycles. The summed E-state index contributed by atoms with van der Waals surface area (Å²) in [5.74, 6) is 1.27. The van der Waals surface area contributed by atoms with Crippen molar-refractivity contribution in [1.29, 1.82) is 0 Å². The van der Waals surface area contributed by atoms with E-state index >= 15 is 0 Å². The lowest BCUT2D eigenvalue weighted by Crippen LogP contribution is -2.21. The van der Waals surface area contributed by atoms with Crippen LogP contribution in [0.2, 0.25) is 0 Å². The number of aryl methyl sites for hydroxylation is 1. The Hall–Kier alpha value is 0.0500. The van der Waals surface area contributed by atoms with Crippen molar-refractivity contribution in [2.45, 2.75) is 37.5 Å². The van der Waals surface area contributed by atoms with Crippen molar-refractivity contribution in [2.24, 2.45) is 5.41 Å². The van der Waals surface area contributed by atoms with Crippen LogP contribution in [0.25, 0.3) is 0 Å². The second-order valence-electron chi connectivity index (χ2n) is 4.89. The van der Waals surface area contributed by atoms with Gasteiger partial charge in [-0.1, -0.05) is 47.0 Å². The third-order valence-electron chi connectivity index (χ3n) is 3.58. The number of thioether (sulfide) groups is 1. The van der Waals surface area contributed by atoms with Crippen LogP contribution in [0, 0.1) is 12.3 Å². The van der Waals surface area contributed by atoms with E-state index in [4.69, 9.17) is 0 Å². The maximum absolute atomic E-state index is 3.71. The van der Waals surface area contributed by atoms with E-state index in [1.54, 1.807) is 0 Å². The van der Waals surface area contributed by atoms with E-state index in [1.165, 1.54) is 47.2 Å². The fourth-order valence-electron chi connectivity index (χ4n) is 2.39. The molecule has 2 rings (SSSR count). The molecule has 0 amide bonds. The van der Waals surface area contributed by atoms with Gasteiger partial charge >= 0.3 is 0 Å². The first kappa shape index (κ1) is 12.5. The van der Waals surface area contributed by atoms with E-state index < -0.39 is 0 Å². The molecule has 0 heterocycles. The average Bonchev–Trinajstić information content (AvgIpc) is 2.78. The minimum absolute atomic E-state index is 0.562. The summed E-state index contributed by atoms with van der Waals surface area (Å²) >= 11 is 5.75. The van der Waals surface area contributed by atoms with Gasteiger partial charge in [-0.05, 0) is 36.8 Å². The third-order valence-corrected chi connectivity index (χ3v) is 6.29. The molecule has 88 valence electrons. The molecule has 2 heteroatoms. The lowest BCUT2D eigenvalue weighted by Gasteiger charge is -2.26. The highest BCUT2D eigenvalue weighted by atomic mass is 79.9. The molecule has 0 nitrogen and oxygen atoms in total. The van der Waals surface area contributed by atoms with Gasteiger partial charge in [-0.2, -0.15) is 0 Å². The highest BCUT2D eigenvalue weighted by molar-refractivity contribution is 9.09. The Bertz CT molecular complexity index is 342. The van der Waals surface area contributed by atoms with Crippen molar-refractivity contribution in [1.82, 2.24) is 0 Å². The van der Waals surface area contributed by atoms with Gasteiger partial charge in [0.15, 0.2) is 0 Å². The van der Waals surface area contributed by atoms with Gasteiger partial charge in [-0.3, -0.25) is 0 Å². The van der Waals surface area contributed by atoms with E-state index in [0.29, 0.717) is 5.41 Å². The molecule has 16 heavy (non-hydrogen) atoms. The first-order valence-corrected chi connectivity index (χ1v) is 8.11. The molecule has 0 radical (unpaired) electrons. The average molecular weight is 299 g/mol. The number of alkyl halides is 1. The van der Waals surface area contributed by atoms with Crippen molar-refractivity contribution in [3.05, 3.63) is 29.8 Å². The Balaban J connectivity index is 1.98. The zero-order valence-corrected chi connectivity index (χ0v) is 12.2. The molecule has 0 saturated heterocycles. The predicted molar refractivity (Wildman–Crippen MR) is 76.6 cm³/mol. The smallest absolute Gasteiger partial charge is 0.0101 e. The van der Waals surface area contributed by atoms with Crippen LogP contribution < -0.4 is 0 Å². The van der Waals surface area contributed by atoms with E-state index in [-0.39, 0.29) is 0 Å². The summed E-state index contributed by atoms with van der Waals surface area (Å²) in [6, 6.07) is 8.72. The molecular weight excluding hydrogens is 280 g/mol. The Kier molecular flexibility index (Phi) is 4.37. The number of hydrogen-bond donors (Lipinski definition) is 0. The topological polar surface area (TPSA) is 0 Å². The molecule has 0 bridgehead atoms. The summed E-state index contributed by atoms with van der Waals surface area (Å²) in [7, 11) is 0. The molecule has 0 spiro atoms. The summed E-state index contributed by atoms with van der Waals surface area (Å²) in [5, 5.41) is 1.17. The van der Waals surface area contributed by atoms with Crippen LogP contribution in [0.15, 0.2) is 29.2 Å². The molecule has 0 N–H and O–H groups in total. The zero-order valence-electron chi connectivity index (χ0n) is 9.84. The van der Waals surface area contributed by atoms with Crippen LogP contribution >= 0.6 is 27.7 Å². The first-order valence-electron chi connectivity index (χ1n) is 6.00. The minimum Gasteiger partial charge on any atom is -0.125 e. The summed E-state index contributed by atoms with van der Waals surface area (Å²) < 4.78 is 0. The Labute approximate surface area is 111 Å². The van der Waals surface area contributed by atoms with E-state index in [1.807, 2.05) is 11.8 Å². The van der Waals surface area contributed by atoms with E-state index in [9.17, 15) is 0 Å². The molecule has 1 saturated carbocycles. The molecule has 0 atom stereocenters. The fourth-order valence-corrected chi connectivity index (χ4v) is 4.74. The highest BCUT2D eigenvalue weighted by Gasteiger charge is 2.32. The van der Waals surface area contributed by atoms with Gasteiger partial charge in [-0.15, -0.1) is 11.8 Å². The Morgan fingerprint density at radius 1 is 1.25 bits per heavy atom. The van der Waals surface area contributed by atoms with E-state index in [2.05, 4.69) is 47.1 Å².